The summed E-state index contributed by atoms with van der Waals surface area (Å²) in [5.41, 5.74) is 7.07. The number of anilines is 1. The Morgan fingerprint density at radius 1 is 1.07 bits per heavy atom. The van der Waals surface area contributed by atoms with Crippen LogP contribution in [0.5, 0.6) is 0 Å². The van der Waals surface area contributed by atoms with E-state index in [1.807, 2.05) is 31.2 Å². The van der Waals surface area contributed by atoms with Crippen LogP contribution in [0.3, 0.4) is 0 Å². The quantitative estimate of drug-likeness (QED) is 0.800. The molecule has 0 atom stereocenters. The molecule has 1 fully saturated rings. The van der Waals surface area contributed by atoms with E-state index in [-0.39, 0.29) is 35.4 Å². The number of aryl methyl sites for hydroxylation is 1. The predicted molar refractivity (Wildman–Crippen MR) is 106 cm³/mol. The standard InChI is InChI=1S/C20H23N3O4S/c1-14-5-4-6-16(13-14)22-20(25)15-9-11-23(12-10-15)28(26,27)18-8-3-2-7-17(18)19(21)24/h2-8,13,15H,9-12H2,1H3,(H2,21,24)(H,22,25). The summed E-state index contributed by atoms with van der Waals surface area (Å²) in [6, 6.07) is 13.4. The zero-order valence-electron chi connectivity index (χ0n) is 15.6. The van der Waals surface area contributed by atoms with Crippen molar-refractivity contribution in [3.63, 3.8) is 0 Å². The van der Waals surface area contributed by atoms with E-state index in [9.17, 15) is 18.0 Å². The number of hydrogen-bond acceptors (Lipinski definition) is 4. The van der Waals surface area contributed by atoms with Crippen molar-refractivity contribution in [1.82, 2.24) is 4.31 Å². The van der Waals surface area contributed by atoms with Gasteiger partial charge in [0.25, 0.3) is 0 Å². The van der Waals surface area contributed by atoms with E-state index in [2.05, 4.69) is 5.32 Å². The molecule has 0 unspecified atom stereocenters. The van der Waals surface area contributed by atoms with Gasteiger partial charge in [-0.05, 0) is 49.6 Å². The summed E-state index contributed by atoms with van der Waals surface area (Å²) >= 11 is 0. The third-order valence-corrected chi connectivity index (χ3v) is 6.84. The number of nitrogens with two attached hydrogens (primary N) is 1. The lowest BCUT2D eigenvalue weighted by atomic mass is 9.97. The second-order valence-corrected chi connectivity index (χ2v) is 8.80. The molecular weight excluding hydrogens is 378 g/mol. The number of nitrogens with zero attached hydrogens (tertiary/aromatic N) is 1. The number of primary amides is 1. The van der Waals surface area contributed by atoms with Gasteiger partial charge in [0.05, 0.1) is 10.5 Å². The SMILES string of the molecule is Cc1cccc(NC(=O)C2CCN(S(=O)(=O)c3ccccc3C(N)=O)CC2)c1. The lowest BCUT2D eigenvalue weighted by Gasteiger charge is -2.31. The first-order chi connectivity index (χ1) is 13.3. The molecule has 1 aliphatic heterocycles. The van der Waals surface area contributed by atoms with Gasteiger partial charge in [-0.2, -0.15) is 4.31 Å². The van der Waals surface area contributed by atoms with Gasteiger partial charge in [0.1, 0.15) is 0 Å². The second-order valence-electron chi connectivity index (χ2n) is 6.90. The predicted octanol–water partition coefficient (Wildman–Crippen LogP) is 2.13. The summed E-state index contributed by atoms with van der Waals surface area (Å²) in [5.74, 6) is -1.16. The average molecular weight is 401 g/mol. The minimum absolute atomic E-state index is 0.0261. The highest BCUT2D eigenvalue weighted by Gasteiger charge is 2.33. The van der Waals surface area contributed by atoms with Crippen LogP contribution in [0.4, 0.5) is 5.69 Å². The van der Waals surface area contributed by atoms with Crippen molar-refractivity contribution in [2.24, 2.45) is 11.7 Å². The van der Waals surface area contributed by atoms with Crippen molar-refractivity contribution in [3.8, 4) is 0 Å². The van der Waals surface area contributed by atoms with E-state index in [1.165, 1.54) is 16.4 Å². The molecular formula is C20H23N3O4S. The lowest BCUT2D eigenvalue weighted by Crippen LogP contribution is -2.41. The first-order valence-corrected chi connectivity index (χ1v) is 10.5. The van der Waals surface area contributed by atoms with Gasteiger partial charge in [0.15, 0.2) is 0 Å². The molecule has 1 aliphatic rings. The second kappa shape index (κ2) is 8.12. The Balaban J connectivity index is 1.68. The first kappa shape index (κ1) is 20.0. The van der Waals surface area contributed by atoms with Crippen molar-refractivity contribution < 1.29 is 18.0 Å². The summed E-state index contributed by atoms with van der Waals surface area (Å²) in [6.45, 7) is 2.37. The van der Waals surface area contributed by atoms with Crippen LogP contribution in [-0.2, 0) is 14.8 Å². The Bertz CT molecular complexity index is 996. The molecule has 0 aliphatic carbocycles. The Labute approximate surface area is 164 Å². The monoisotopic (exact) mass is 401 g/mol. The van der Waals surface area contributed by atoms with Gasteiger partial charge in [-0.3, -0.25) is 9.59 Å². The molecule has 2 amide bonds. The Morgan fingerprint density at radius 2 is 1.75 bits per heavy atom. The maximum absolute atomic E-state index is 12.9. The zero-order chi connectivity index (χ0) is 20.3. The summed E-state index contributed by atoms with van der Waals surface area (Å²) in [7, 11) is -3.85. The fraction of sp³-hybridized carbons (Fsp3) is 0.300. The molecule has 1 heterocycles. The number of rotatable bonds is 5. The van der Waals surface area contributed by atoms with Crippen LogP contribution < -0.4 is 11.1 Å². The van der Waals surface area contributed by atoms with E-state index in [0.717, 1.165) is 11.3 Å². The van der Waals surface area contributed by atoms with Gasteiger partial charge in [-0.25, -0.2) is 8.42 Å². The largest absolute Gasteiger partial charge is 0.366 e. The molecule has 0 radical (unpaired) electrons. The van der Waals surface area contributed by atoms with Crippen molar-refractivity contribution in [2.75, 3.05) is 18.4 Å². The van der Waals surface area contributed by atoms with Gasteiger partial charge in [0, 0.05) is 24.7 Å². The van der Waals surface area contributed by atoms with Crippen LogP contribution >= 0.6 is 0 Å². The summed E-state index contributed by atoms with van der Waals surface area (Å²) in [6.07, 6.45) is 0.825. The number of benzene rings is 2. The smallest absolute Gasteiger partial charge is 0.250 e. The molecule has 0 spiro atoms. The molecule has 0 aromatic heterocycles. The van der Waals surface area contributed by atoms with Gasteiger partial charge in [-0.15, -0.1) is 0 Å². The molecule has 2 aromatic carbocycles. The van der Waals surface area contributed by atoms with Crippen LogP contribution in [0.1, 0.15) is 28.8 Å². The van der Waals surface area contributed by atoms with Crippen molar-refractivity contribution in [1.29, 1.82) is 0 Å². The van der Waals surface area contributed by atoms with E-state index in [1.54, 1.807) is 12.1 Å². The first-order valence-electron chi connectivity index (χ1n) is 9.05. The van der Waals surface area contributed by atoms with Crippen LogP contribution in [0.2, 0.25) is 0 Å². The molecule has 28 heavy (non-hydrogen) atoms. The molecule has 148 valence electrons. The maximum Gasteiger partial charge on any atom is 0.250 e. The van der Waals surface area contributed by atoms with Crippen LogP contribution in [0, 0.1) is 12.8 Å². The summed E-state index contributed by atoms with van der Waals surface area (Å²) in [5, 5.41) is 2.89. The Morgan fingerprint density at radius 3 is 2.39 bits per heavy atom. The topological polar surface area (TPSA) is 110 Å². The normalized spacial score (nSPS) is 15.9. The third-order valence-electron chi connectivity index (χ3n) is 4.88. The fourth-order valence-corrected chi connectivity index (χ4v) is 5.03. The molecule has 2 aromatic rings. The van der Waals surface area contributed by atoms with E-state index >= 15 is 0 Å². The van der Waals surface area contributed by atoms with Crippen molar-refractivity contribution in [3.05, 3.63) is 59.7 Å². The molecule has 3 N–H and O–H groups in total. The van der Waals surface area contributed by atoms with E-state index in [4.69, 9.17) is 5.73 Å². The molecule has 0 saturated carbocycles. The number of carbonyl (C=O) groups excluding carboxylic acids is 2. The molecule has 3 rings (SSSR count). The van der Waals surface area contributed by atoms with Crippen LogP contribution in [0.15, 0.2) is 53.4 Å². The minimum atomic E-state index is -3.85. The number of carbonyl (C=O) groups is 2. The minimum Gasteiger partial charge on any atom is -0.366 e. The number of piperidine rings is 1. The molecule has 8 heteroatoms. The number of sulfonamides is 1. The summed E-state index contributed by atoms with van der Waals surface area (Å²) in [4.78, 5) is 24.0. The van der Waals surface area contributed by atoms with Gasteiger partial charge < -0.3 is 11.1 Å². The van der Waals surface area contributed by atoms with Crippen LogP contribution in [0.25, 0.3) is 0 Å². The highest BCUT2D eigenvalue weighted by Crippen LogP contribution is 2.26. The van der Waals surface area contributed by atoms with Crippen molar-refractivity contribution in [2.45, 2.75) is 24.7 Å². The fourth-order valence-electron chi connectivity index (χ4n) is 3.36. The molecule has 7 nitrogen and oxygen atoms in total. The van der Waals surface area contributed by atoms with Crippen LogP contribution in [-0.4, -0.2) is 37.6 Å². The van der Waals surface area contributed by atoms with Gasteiger partial charge >= 0.3 is 0 Å². The number of hydrogen-bond donors (Lipinski definition) is 2. The Hall–Kier alpha value is -2.71. The Kier molecular flexibility index (Phi) is 5.81. The average Bonchev–Trinajstić information content (AvgIpc) is 2.68. The van der Waals surface area contributed by atoms with E-state index in [0.29, 0.717) is 12.8 Å². The van der Waals surface area contributed by atoms with E-state index < -0.39 is 15.9 Å². The summed E-state index contributed by atoms with van der Waals surface area (Å²) < 4.78 is 27.2. The highest BCUT2D eigenvalue weighted by molar-refractivity contribution is 7.89. The van der Waals surface area contributed by atoms with Gasteiger partial charge in [-0.1, -0.05) is 24.3 Å². The number of amides is 2. The van der Waals surface area contributed by atoms with Gasteiger partial charge in [0.2, 0.25) is 21.8 Å². The lowest BCUT2D eigenvalue weighted by molar-refractivity contribution is -0.120. The highest BCUT2D eigenvalue weighted by atomic mass is 32.2. The molecule has 1 saturated heterocycles. The molecule has 0 bridgehead atoms. The maximum atomic E-state index is 12.9. The van der Waals surface area contributed by atoms with Crippen molar-refractivity contribution >= 4 is 27.5 Å². The zero-order valence-corrected chi connectivity index (χ0v) is 16.4. The number of nitrogens with one attached hydrogen (secondary N) is 1. The third kappa shape index (κ3) is 4.23.